The Morgan fingerprint density at radius 3 is 1.81 bits per heavy atom. The average molecular weight is 815 g/mol. The van der Waals surface area contributed by atoms with E-state index in [1.54, 1.807) is 0 Å². The Morgan fingerprint density at radius 1 is 0.484 bits per heavy atom. The Balaban J connectivity index is 1.23. The number of benzene rings is 9. The van der Waals surface area contributed by atoms with Crippen LogP contribution in [0.1, 0.15) is 58.4 Å². The zero-order chi connectivity index (χ0) is 42.3. The summed E-state index contributed by atoms with van der Waals surface area (Å²) in [4.78, 5) is 0. The molecule has 0 radical (unpaired) electrons. The minimum atomic E-state index is -0.510. The van der Waals surface area contributed by atoms with Gasteiger partial charge in [-0.05, 0) is 128 Å². The third kappa shape index (κ3) is 3.99. The van der Waals surface area contributed by atoms with E-state index in [1.165, 1.54) is 149 Å². The third-order valence-corrected chi connectivity index (χ3v) is 15.8. The number of rotatable bonds is 4. The molecule has 300 valence electrons. The van der Waals surface area contributed by atoms with Crippen LogP contribution in [-0.2, 0) is 18.3 Å². The molecule has 0 bridgehead atoms. The topological polar surface area (TPSA) is 9.86 Å². The second kappa shape index (κ2) is 12.0. The van der Waals surface area contributed by atoms with Gasteiger partial charge in [0.15, 0.2) is 0 Å². The molecule has 0 N–H and O–H groups in total. The fraction of sp³-hybridized carbons (Fsp3) is 0.115. The molecule has 2 nitrogen and oxygen atoms in total. The molecule has 11 aromatic rings. The van der Waals surface area contributed by atoms with Gasteiger partial charge in [0.05, 0.1) is 22.1 Å². The van der Waals surface area contributed by atoms with Gasteiger partial charge in [-0.3, -0.25) is 0 Å². The van der Waals surface area contributed by atoms with Gasteiger partial charge in [-0.2, -0.15) is 0 Å². The van der Waals surface area contributed by atoms with Gasteiger partial charge in [0.25, 0.3) is 6.71 Å². The molecule has 3 aliphatic heterocycles. The maximum Gasteiger partial charge on any atom is 0.252 e. The second-order valence-electron chi connectivity index (χ2n) is 19.0. The summed E-state index contributed by atoms with van der Waals surface area (Å²) in [6.45, 7) is 9.24. The Kier molecular flexibility index (Phi) is 6.59. The second-order valence-corrected chi connectivity index (χ2v) is 19.0. The molecule has 1 aliphatic carbocycles. The highest BCUT2D eigenvalue weighted by Gasteiger charge is 2.54. The summed E-state index contributed by atoms with van der Waals surface area (Å²) in [6, 6.07) is 64.0. The highest BCUT2D eigenvalue weighted by Crippen LogP contribution is 2.62. The van der Waals surface area contributed by atoms with E-state index >= 15 is 0 Å². The molecule has 4 aliphatic rings. The number of nitrogens with zero attached hydrogens (tertiary/aromatic N) is 2. The largest absolute Gasteiger partial charge is 0.310 e. The van der Waals surface area contributed by atoms with Crippen molar-refractivity contribution in [2.45, 2.75) is 46.0 Å². The lowest BCUT2D eigenvalue weighted by Gasteiger charge is -2.44. The van der Waals surface area contributed by atoms with Crippen LogP contribution in [0.25, 0.3) is 88.4 Å². The average Bonchev–Trinajstić information content (AvgIpc) is 3.96. The van der Waals surface area contributed by atoms with Crippen LogP contribution < -0.4 is 16.4 Å². The van der Waals surface area contributed by atoms with Gasteiger partial charge in [0.1, 0.15) is 0 Å². The van der Waals surface area contributed by atoms with Crippen molar-refractivity contribution in [2.24, 2.45) is 0 Å². The summed E-state index contributed by atoms with van der Waals surface area (Å²) in [5.41, 5.74) is 29.3. The van der Waals surface area contributed by atoms with Crippen molar-refractivity contribution in [3.63, 3.8) is 0 Å². The van der Waals surface area contributed by atoms with Crippen molar-refractivity contribution in [3.8, 4) is 44.9 Å². The Labute approximate surface area is 373 Å². The summed E-state index contributed by atoms with van der Waals surface area (Å²) in [5.74, 6) is 0. The molecule has 5 heterocycles. The predicted octanol–water partition coefficient (Wildman–Crippen LogP) is 12.8. The van der Waals surface area contributed by atoms with Crippen LogP contribution in [0.4, 0.5) is 0 Å². The van der Waals surface area contributed by atoms with E-state index in [2.05, 4.69) is 201 Å². The molecule has 0 amide bonds. The molecule has 3 heteroatoms. The fourth-order valence-electron chi connectivity index (χ4n) is 13.4. The summed E-state index contributed by atoms with van der Waals surface area (Å²) < 4.78 is 5.46. The smallest absolute Gasteiger partial charge is 0.252 e. The number of hydrogen-bond acceptors (Lipinski definition) is 0. The van der Waals surface area contributed by atoms with Crippen molar-refractivity contribution in [3.05, 3.63) is 208 Å². The van der Waals surface area contributed by atoms with Gasteiger partial charge >= 0.3 is 0 Å². The first-order valence-corrected chi connectivity index (χ1v) is 23.3. The van der Waals surface area contributed by atoms with Gasteiger partial charge in [-0.15, -0.1) is 0 Å². The van der Waals surface area contributed by atoms with Crippen LogP contribution >= 0.6 is 0 Å². The molecule has 15 rings (SSSR count). The Morgan fingerprint density at radius 2 is 1.11 bits per heavy atom. The first-order valence-electron chi connectivity index (χ1n) is 23.3. The number of aryl methyl sites for hydroxylation is 4. The van der Waals surface area contributed by atoms with Gasteiger partial charge in [-0.1, -0.05) is 171 Å². The van der Waals surface area contributed by atoms with Crippen LogP contribution in [0.3, 0.4) is 0 Å². The molecule has 0 fully saturated rings. The first-order chi connectivity index (χ1) is 31.5. The van der Waals surface area contributed by atoms with E-state index in [0.29, 0.717) is 0 Å². The van der Waals surface area contributed by atoms with E-state index in [-0.39, 0.29) is 6.71 Å². The standard InChI is InChI=1S/C61H43BN2/c1-5-36-29-44-45-30-37(6-2)32-50-58(45)64-57(44)49(31-36)61(47-27-34(3)21-23-42(47)43-24-22-35(4)28-48(43)61)46-25-26-52-55(59(46)64)62(50)51-33-40-19-13-14-20-41(40)54-53(38-15-9-7-10-16-38)56(63(52)60(51)54)39-17-11-8-12-18-39/h7-33H,5-6H2,1-4H3. The van der Waals surface area contributed by atoms with E-state index in [0.717, 1.165) is 12.8 Å². The number of fused-ring (bicyclic) bond motifs is 13. The summed E-state index contributed by atoms with van der Waals surface area (Å²) in [7, 11) is 0. The lowest BCUT2D eigenvalue weighted by atomic mass is 9.33. The van der Waals surface area contributed by atoms with Crippen LogP contribution in [0, 0.1) is 13.8 Å². The van der Waals surface area contributed by atoms with Crippen LogP contribution in [-0.4, -0.2) is 15.8 Å². The molecule has 0 unspecified atom stereocenters. The van der Waals surface area contributed by atoms with Crippen molar-refractivity contribution in [1.82, 2.24) is 9.13 Å². The van der Waals surface area contributed by atoms with Gasteiger partial charge in [-0.25, -0.2) is 0 Å². The summed E-state index contributed by atoms with van der Waals surface area (Å²) in [6.07, 6.45) is 1.95. The number of hydrogen-bond donors (Lipinski definition) is 0. The van der Waals surface area contributed by atoms with E-state index in [1.807, 2.05) is 0 Å². The monoisotopic (exact) mass is 814 g/mol. The minimum absolute atomic E-state index is 0.0251. The lowest BCUT2D eigenvalue weighted by molar-refractivity contribution is 0.745. The van der Waals surface area contributed by atoms with Crippen molar-refractivity contribution < 1.29 is 0 Å². The molecular weight excluding hydrogens is 771 g/mol. The van der Waals surface area contributed by atoms with Crippen molar-refractivity contribution in [1.29, 1.82) is 0 Å². The molecule has 0 atom stereocenters. The van der Waals surface area contributed by atoms with E-state index < -0.39 is 5.41 Å². The minimum Gasteiger partial charge on any atom is -0.310 e. The Bertz CT molecular complexity index is 3890. The van der Waals surface area contributed by atoms with Gasteiger partial charge in [0.2, 0.25) is 0 Å². The zero-order valence-corrected chi connectivity index (χ0v) is 36.5. The van der Waals surface area contributed by atoms with Gasteiger partial charge < -0.3 is 9.13 Å². The molecule has 0 saturated carbocycles. The van der Waals surface area contributed by atoms with E-state index in [4.69, 9.17) is 0 Å². The fourth-order valence-corrected chi connectivity index (χ4v) is 13.4. The molecular formula is C61H43BN2. The molecule has 0 saturated heterocycles. The maximum atomic E-state index is 2.76. The van der Waals surface area contributed by atoms with Crippen molar-refractivity contribution in [2.75, 3.05) is 0 Å². The molecule has 1 spiro atoms. The number of aromatic nitrogens is 2. The first kappa shape index (κ1) is 35.1. The summed E-state index contributed by atoms with van der Waals surface area (Å²) in [5, 5.41) is 6.70. The third-order valence-electron chi connectivity index (χ3n) is 15.8. The van der Waals surface area contributed by atoms with E-state index in [9.17, 15) is 0 Å². The Hall–Kier alpha value is -7.36. The normalized spacial score (nSPS) is 14.2. The van der Waals surface area contributed by atoms with Crippen LogP contribution in [0.15, 0.2) is 164 Å². The van der Waals surface area contributed by atoms with Crippen molar-refractivity contribution >= 4 is 66.6 Å². The lowest BCUT2D eigenvalue weighted by Crippen LogP contribution is -2.60. The zero-order valence-electron chi connectivity index (χ0n) is 36.5. The highest BCUT2D eigenvalue weighted by molar-refractivity contribution is 7.00. The highest BCUT2D eigenvalue weighted by atomic mass is 15.1. The predicted molar refractivity (Wildman–Crippen MR) is 270 cm³/mol. The molecule has 64 heavy (non-hydrogen) atoms. The maximum absolute atomic E-state index is 2.76. The SMILES string of the molecule is CCc1cc2c3c(c1)c1cc(CC)cc4c1n3-c1c(ccc3c1B2c1cc2ccccc2c2c(-c5ccccc5)c(-c5ccccc5)n-3c12)C41c2cc(C)ccc2-c2ccc(C)cc21. The molecule has 2 aromatic heterocycles. The van der Waals surface area contributed by atoms with Gasteiger partial charge in [0, 0.05) is 38.6 Å². The quantitative estimate of drug-likeness (QED) is 0.157. The van der Waals surface area contributed by atoms with Crippen LogP contribution in [0.5, 0.6) is 0 Å². The van der Waals surface area contributed by atoms with Crippen LogP contribution in [0.2, 0.25) is 0 Å². The summed E-state index contributed by atoms with van der Waals surface area (Å²) >= 11 is 0. The molecule has 9 aromatic carbocycles.